The molecule has 1 aromatic carbocycles. The third-order valence-corrected chi connectivity index (χ3v) is 4.84. The zero-order chi connectivity index (χ0) is 12.5. The van der Waals surface area contributed by atoms with E-state index in [1.54, 1.807) is 0 Å². The highest BCUT2D eigenvalue weighted by atomic mass is 32.1. The minimum Gasteiger partial charge on any atom is -0.378 e. The summed E-state index contributed by atoms with van der Waals surface area (Å²) in [4.78, 5) is 0. The summed E-state index contributed by atoms with van der Waals surface area (Å²) in [5.74, 6) is 0.581. The summed E-state index contributed by atoms with van der Waals surface area (Å²) < 4.78 is 7.14. The fraction of sp³-hybridized carbons (Fsp3) is 0.467. The lowest BCUT2D eigenvalue weighted by Gasteiger charge is -2.23. The van der Waals surface area contributed by atoms with Gasteiger partial charge < -0.3 is 10.1 Å². The summed E-state index contributed by atoms with van der Waals surface area (Å²) in [5.41, 5.74) is 1.42. The largest absolute Gasteiger partial charge is 0.378 e. The number of hydrogen-bond donors (Lipinski definition) is 1. The minimum absolute atomic E-state index is 0.397. The Morgan fingerprint density at radius 1 is 1.39 bits per heavy atom. The number of nitrogens with one attached hydrogen (secondary N) is 1. The van der Waals surface area contributed by atoms with Gasteiger partial charge in [-0.2, -0.15) is 0 Å². The fourth-order valence-electron chi connectivity index (χ4n) is 2.99. The molecule has 1 aliphatic rings. The molecule has 2 heterocycles. The van der Waals surface area contributed by atoms with Crippen LogP contribution in [0, 0.1) is 5.92 Å². The number of rotatable bonds is 3. The van der Waals surface area contributed by atoms with E-state index in [1.165, 1.54) is 15.6 Å². The molecule has 0 bridgehead atoms. The van der Waals surface area contributed by atoms with E-state index >= 15 is 0 Å². The van der Waals surface area contributed by atoms with Gasteiger partial charge in [0.05, 0.1) is 12.7 Å². The lowest BCUT2D eigenvalue weighted by molar-refractivity contribution is 0.117. The predicted octanol–water partition coefficient (Wildman–Crippen LogP) is 3.59. The first kappa shape index (κ1) is 12.2. The molecule has 3 rings (SSSR count). The van der Waals surface area contributed by atoms with E-state index in [-0.39, 0.29) is 0 Å². The molecule has 3 heteroatoms. The van der Waals surface area contributed by atoms with Crippen molar-refractivity contribution in [2.24, 2.45) is 5.92 Å². The van der Waals surface area contributed by atoms with Gasteiger partial charge in [-0.1, -0.05) is 18.2 Å². The first-order chi connectivity index (χ1) is 8.79. The van der Waals surface area contributed by atoms with E-state index < -0.39 is 0 Å². The predicted molar refractivity (Wildman–Crippen MR) is 77.1 cm³/mol. The van der Waals surface area contributed by atoms with Crippen molar-refractivity contribution in [2.45, 2.75) is 25.5 Å². The Bertz CT molecular complexity index is 536. The third kappa shape index (κ3) is 2.07. The SMILES string of the molecule is CNC(c1cccc2ccsc12)C1COC(C)C1. The van der Waals surface area contributed by atoms with Crippen molar-refractivity contribution in [1.29, 1.82) is 0 Å². The lowest BCUT2D eigenvalue weighted by Crippen LogP contribution is -2.25. The zero-order valence-electron chi connectivity index (χ0n) is 10.8. The number of benzene rings is 1. The Morgan fingerprint density at radius 2 is 2.28 bits per heavy atom. The summed E-state index contributed by atoms with van der Waals surface area (Å²) in [5, 5.41) is 7.02. The molecule has 2 nitrogen and oxygen atoms in total. The average molecular weight is 261 g/mol. The Labute approximate surface area is 112 Å². The number of ether oxygens (including phenoxy) is 1. The van der Waals surface area contributed by atoms with E-state index in [2.05, 4.69) is 48.9 Å². The van der Waals surface area contributed by atoms with Crippen LogP contribution in [-0.2, 0) is 4.74 Å². The highest BCUT2D eigenvalue weighted by Gasteiger charge is 2.30. The molecular formula is C15H19NOS. The Hall–Kier alpha value is -0.900. The van der Waals surface area contributed by atoms with Gasteiger partial charge in [0, 0.05) is 16.7 Å². The Morgan fingerprint density at radius 3 is 3.00 bits per heavy atom. The smallest absolute Gasteiger partial charge is 0.0551 e. The molecule has 3 unspecified atom stereocenters. The van der Waals surface area contributed by atoms with Crippen LogP contribution < -0.4 is 5.32 Å². The molecule has 1 aromatic heterocycles. The van der Waals surface area contributed by atoms with Crippen LogP contribution in [0.4, 0.5) is 0 Å². The van der Waals surface area contributed by atoms with E-state index in [9.17, 15) is 0 Å². The van der Waals surface area contributed by atoms with Gasteiger partial charge in [0.15, 0.2) is 0 Å². The van der Waals surface area contributed by atoms with Gasteiger partial charge in [-0.3, -0.25) is 0 Å². The number of hydrogen-bond acceptors (Lipinski definition) is 3. The first-order valence-corrected chi connectivity index (χ1v) is 7.42. The van der Waals surface area contributed by atoms with E-state index in [0.717, 1.165) is 13.0 Å². The van der Waals surface area contributed by atoms with Crippen LogP contribution in [-0.4, -0.2) is 19.8 Å². The highest BCUT2D eigenvalue weighted by molar-refractivity contribution is 7.17. The average Bonchev–Trinajstić information content (AvgIpc) is 2.99. The minimum atomic E-state index is 0.397. The molecule has 3 atom stereocenters. The first-order valence-electron chi connectivity index (χ1n) is 6.54. The molecule has 1 fully saturated rings. The van der Waals surface area contributed by atoms with Gasteiger partial charge in [-0.15, -0.1) is 11.3 Å². The summed E-state index contributed by atoms with van der Waals surface area (Å²) in [6.07, 6.45) is 1.54. The molecule has 96 valence electrons. The second kappa shape index (κ2) is 5.00. The molecule has 0 radical (unpaired) electrons. The van der Waals surface area contributed by atoms with Gasteiger partial charge in [-0.25, -0.2) is 0 Å². The van der Waals surface area contributed by atoms with Crippen LogP contribution in [0.3, 0.4) is 0 Å². The van der Waals surface area contributed by atoms with Crippen molar-refractivity contribution in [1.82, 2.24) is 5.32 Å². The van der Waals surface area contributed by atoms with Crippen LogP contribution in [0.1, 0.15) is 24.9 Å². The maximum Gasteiger partial charge on any atom is 0.0551 e. The van der Waals surface area contributed by atoms with E-state index in [1.807, 2.05) is 11.3 Å². The van der Waals surface area contributed by atoms with Crippen molar-refractivity contribution in [3.63, 3.8) is 0 Å². The molecule has 18 heavy (non-hydrogen) atoms. The quantitative estimate of drug-likeness (QED) is 0.911. The molecule has 0 amide bonds. The molecule has 1 saturated heterocycles. The Balaban J connectivity index is 1.98. The molecule has 2 aromatic rings. The van der Waals surface area contributed by atoms with Crippen molar-refractivity contribution in [3.05, 3.63) is 35.2 Å². The normalized spacial score (nSPS) is 25.7. The van der Waals surface area contributed by atoms with Crippen molar-refractivity contribution >= 4 is 21.4 Å². The maximum atomic E-state index is 5.73. The fourth-order valence-corrected chi connectivity index (χ4v) is 3.94. The molecule has 1 aliphatic heterocycles. The van der Waals surface area contributed by atoms with Crippen molar-refractivity contribution in [2.75, 3.05) is 13.7 Å². The summed E-state index contributed by atoms with van der Waals surface area (Å²) >= 11 is 1.84. The zero-order valence-corrected chi connectivity index (χ0v) is 11.7. The monoisotopic (exact) mass is 261 g/mol. The number of thiophene rings is 1. The van der Waals surface area contributed by atoms with Crippen molar-refractivity contribution < 1.29 is 4.74 Å². The van der Waals surface area contributed by atoms with Crippen molar-refractivity contribution in [3.8, 4) is 0 Å². The maximum absolute atomic E-state index is 5.73. The summed E-state index contributed by atoms with van der Waals surface area (Å²) in [7, 11) is 2.06. The second-order valence-electron chi connectivity index (χ2n) is 5.09. The molecule has 0 saturated carbocycles. The van der Waals surface area contributed by atoms with Gasteiger partial charge >= 0.3 is 0 Å². The van der Waals surface area contributed by atoms with E-state index in [4.69, 9.17) is 4.74 Å². The summed E-state index contributed by atoms with van der Waals surface area (Å²) in [6, 6.07) is 9.20. The third-order valence-electron chi connectivity index (χ3n) is 3.86. The molecule has 1 N–H and O–H groups in total. The van der Waals surface area contributed by atoms with Gasteiger partial charge in [0.2, 0.25) is 0 Å². The highest BCUT2D eigenvalue weighted by Crippen LogP contribution is 2.36. The van der Waals surface area contributed by atoms with E-state index in [0.29, 0.717) is 18.1 Å². The van der Waals surface area contributed by atoms with Crippen LogP contribution in [0.2, 0.25) is 0 Å². The molecule has 0 spiro atoms. The Kier molecular flexibility index (Phi) is 3.37. The standard InChI is InChI=1S/C15H19NOS/c1-10-8-12(9-17-10)14(16-2)13-5-3-4-11-6-7-18-15(11)13/h3-7,10,12,14,16H,8-9H2,1-2H3. The van der Waals surface area contributed by atoms with Gasteiger partial charge in [0.25, 0.3) is 0 Å². The van der Waals surface area contributed by atoms with Crippen LogP contribution >= 0.6 is 11.3 Å². The second-order valence-corrected chi connectivity index (χ2v) is 6.01. The van der Waals surface area contributed by atoms with Crippen LogP contribution in [0.15, 0.2) is 29.6 Å². The van der Waals surface area contributed by atoms with Gasteiger partial charge in [-0.05, 0) is 42.8 Å². The number of fused-ring (bicyclic) bond motifs is 1. The van der Waals surface area contributed by atoms with Crippen LogP contribution in [0.25, 0.3) is 10.1 Å². The van der Waals surface area contributed by atoms with Gasteiger partial charge in [0.1, 0.15) is 0 Å². The summed E-state index contributed by atoms with van der Waals surface area (Å²) in [6.45, 7) is 3.03. The van der Waals surface area contributed by atoms with Crippen LogP contribution in [0.5, 0.6) is 0 Å². The topological polar surface area (TPSA) is 21.3 Å². The molecular weight excluding hydrogens is 242 g/mol. The lowest BCUT2D eigenvalue weighted by atomic mass is 9.90. The molecule has 0 aliphatic carbocycles.